The van der Waals surface area contributed by atoms with Gasteiger partial charge in [-0.05, 0) is 31.2 Å². The van der Waals surface area contributed by atoms with E-state index in [1.807, 2.05) is 55.5 Å². The Morgan fingerprint density at radius 1 is 1.06 bits per heavy atom. The second-order valence-electron chi connectivity index (χ2n) is 8.50. The molecule has 1 saturated heterocycles. The number of carbonyl (C=O) groups excluding carboxylic acids is 1. The van der Waals surface area contributed by atoms with Gasteiger partial charge in [-0.15, -0.1) is 0 Å². The van der Waals surface area contributed by atoms with Gasteiger partial charge < -0.3 is 9.64 Å². The van der Waals surface area contributed by atoms with Crippen LogP contribution in [-0.4, -0.2) is 59.2 Å². The van der Waals surface area contributed by atoms with Gasteiger partial charge in [-0.3, -0.25) is 14.7 Å². The first-order valence-electron chi connectivity index (χ1n) is 11.4. The van der Waals surface area contributed by atoms with Gasteiger partial charge in [0.05, 0.1) is 28.4 Å². The number of hydrogen-bond donors (Lipinski definition) is 0. The van der Waals surface area contributed by atoms with Gasteiger partial charge in [-0.2, -0.15) is 5.10 Å². The number of benzene rings is 2. The van der Waals surface area contributed by atoms with Crippen LogP contribution in [0.1, 0.15) is 11.9 Å². The van der Waals surface area contributed by atoms with Crippen LogP contribution in [0.2, 0.25) is 10.0 Å². The molecule has 1 unspecified atom stereocenters. The average molecular weight is 510 g/mol. The number of methoxy groups -OCH3 is 1. The molecule has 1 fully saturated rings. The summed E-state index contributed by atoms with van der Waals surface area (Å²) in [6.07, 6.45) is 2.16. The zero-order chi connectivity index (χ0) is 24.5. The summed E-state index contributed by atoms with van der Waals surface area (Å²) >= 11 is 12.9. The first kappa shape index (κ1) is 23.6. The molecule has 0 amide bonds. The molecule has 35 heavy (non-hydrogen) atoms. The number of halogens is 2. The molecule has 0 bridgehead atoms. The van der Waals surface area contributed by atoms with Crippen LogP contribution < -0.4 is 9.64 Å². The first-order valence-corrected chi connectivity index (χ1v) is 12.1. The van der Waals surface area contributed by atoms with Crippen LogP contribution in [0, 0.1) is 6.92 Å². The predicted octanol–water partition coefficient (Wildman–Crippen LogP) is 5.24. The van der Waals surface area contributed by atoms with Crippen molar-refractivity contribution in [3.63, 3.8) is 0 Å². The van der Waals surface area contributed by atoms with Gasteiger partial charge >= 0.3 is 0 Å². The quantitative estimate of drug-likeness (QED) is 0.331. The Morgan fingerprint density at radius 3 is 2.57 bits per heavy atom. The molecule has 2 aromatic heterocycles. The highest BCUT2D eigenvalue weighted by Crippen LogP contribution is 2.34. The fourth-order valence-electron chi connectivity index (χ4n) is 4.53. The summed E-state index contributed by atoms with van der Waals surface area (Å²) in [5.74, 6) is 0.648. The SMILES string of the molecule is COc1cc(N2CCN(C(C=O)n3nc(-c4cnc5ccccc5c4)c(Cl)c3C)CC2)ccc1Cl. The van der Waals surface area contributed by atoms with E-state index in [0.717, 1.165) is 47.2 Å². The van der Waals surface area contributed by atoms with Gasteiger partial charge in [0.25, 0.3) is 0 Å². The Morgan fingerprint density at radius 2 is 1.83 bits per heavy atom. The summed E-state index contributed by atoms with van der Waals surface area (Å²) < 4.78 is 7.08. The Bertz CT molecular complexity index is 1380. The fraction of sp³-hybridized carbons (Fsp3) is 0.269. The minimum absolute atomic E-state index is 0.529. The lowest BCUT2D eigenvalue weighted by atomic mass is 10.1. The summed E-state index contributed by atoms with van der Waals surface area (Å²) in [4.78, 5) is 21.2. The highest BCUT2D eigenvalue weighted by atomic mass is 35.5. The topological polar surface area (TPSA) is 63.5 Å². The van der Waals surface area contributed by atoms with E-state index in [1.165, 1.54) is 0 Å². The molecule has 3 heterocycles. The van der Waals surface area contributed by atoms with Gasteiger partial charge in [0.2, 0.25) is 0 Å². The normalized spacial score (nSPS) is 15.4. The van der Waals surface area contributed by atoms with Crippen molar-refractivity contribution < 1.29 is 9.53 Å². The van der Waals surface area contributed by atoms with Crippen molar-refractivity contribution in [3.05, 3.63) is 70.5 Å². The number of para-hydroxylation sites is 1. The molecule has 0 spiro atoms. The van der Waals surface area contributed by atoms with Gasteiger partial charge in [0.15, 0.2) is 12.5 Å². The van der Waals surface area contributed by atoms with Gasteiger partial charge in [0, 0.05) is 55.1 Å². The van der Waals surface area contributed by atoms with Gasteiger partial charge in [-0.25, -0.2) is 4.68 Å². The average Bonchev–Trinajstić information content (AvgIpc) is 3.19. The summed E-state index contributed by atoms with van der Waals surface area (Å²) in [6, 6.07) is 15.7. The van der Waals surface area contributed by atoms with E-state index >= 15 is 0 Å². The Kier molecular flexibility index (Phi) is 6.65. The van der Waals surface area contributed by atoms with Crippen molar-refractivity contribution in [3.8, 4) is 17.0 Å². The monoisotopic (exact) mass is 509 g/mol. The predicted molar refractivity (Wildman–Crippen MR) is 140 cm³/mol. The maximum absolute atomic E-state index is 12.3. The lowest BCUT2D eigenvalue weighted by molar-refractivity contribution is -0.116. The Balaban J connectivity index is 1.37. The number of aldehydes is 1. The number of anilines is 1. The molecular weight excluding hydrogens is 485 g/mol. The third-order valence-electron chi connectivity index (χ3n) is 6.50. The standard InChI is InChI=1S/C26H25Cl2N5O2/c1-17-25(28)26(19-13-18-5-3-4-6-22(18)29-15-19)30-33(17)24(16-34)32-11-9-31(10-12-32)20-7-8-21(27)23(14-20)35-2/h3-8,13-16,24H,9-12H2,1-2H3. The van der Waals surface area contributed by atoms with Crippen LogP contribution in [0.4, 0.5) is 5.69 Å². The second-order valence-corrected chi connectivity index (χ2v) is 9.29. The van der Waals surface area contributed by atoms with E-state index in [-0.39, 0.29) is 0 Å². The Hall–Kier alpha value is -3.13. The molecule has 0 N–H and O–H groups in total. The van der Waals surface area contributed by atoms with E-state index in [0.29, 0.717) is 34.6 Å². The minimum Gasteiger partial charge on any atom is -0.495 e. The molecule has 0 saturated carbocycles. The van der Waals surface area contributed by atoms with Crippen LogP contribution in [0.25, 0.3) is 22.2 Å². The summed E-state index contributed by atoms with van der Waals surface area (Å²) in [6.45, 7) is 4.78. The van der Waals surface area contributed by atoms with E-state index < -0.39 is 6.17 Å². The molecule has 9 heteroatoms. The number of carbonyl (C=O) groups is 1. The van der Waals surface area contributed by atoms with Crippen LogP contribution in [0.15, 0.2) is 54.7 Å². The molecular formula is C26H25Cl2N5O2. The summed E-state index contributed by atoms with van der Waals surface area (Å²) in [7, 11) is 1.61. The van der Waals surface area contributed by atoms with E-state index in [4.69, 9.17) is 33.0 Å². The molecule has 1 aliphatic heterocycles. The number of nitrogens with zero attached hydrogens (tertiary/aromatic N) is 5. The zero-order valence-corrected chi connectivity index (χ0v) is 21.0. The van der Waals surface area contributed by atoms with Crippen LogP contribution in [0.3, 0.4) is 0 Å². The van der Waals surface area contributed by atoms with Crippen molar-refractivity contribution in [1.82, 2.24) is 19.7 Å². The third kappa shape index (κ3) is 4.47. The maximum atomic E-state index is 12.3. The second kappa shape index (κ2) is 9.85. The van der Waals surface area contributed by atoms with Crippen molar-refractivity contribution >= 4 is 46.1 Å². The minimum atomic E-state index is -0.545. The summed E-state index contributed by atoms with van der Waals surface area (Å²) in [5.41, 5.74) is 4.14. The number of piperazine rings is 1. The highest BCUT2D eigenvalue weighted by molar-refractivity contribution is 6.33. The maximum Gasteiger partial charge on any atom is 0.160 e. The molecule has 1 aliphatic rings. The van der Waals surface area contributed by atoms with E-state index in [1.54, 1.807) is 18.0 Å². The van der Waals surface area contributed by atoms with Gasteiger partial charge in [-0.1, -0.05) is 41.4 Å². The molecule has 7 nitrogen and oxygen atoms in total. The molecule has 180 valence electrons. The number of rotatable bonds is 6. The number of hydrogen-bond acceptors (Lipinski definition) is 6. The zero-order valence-electron chi connectivity index (χ0n) is 19.5. The molecule has 1 atom stereocenters. The molecule has 2 aromatic carbocycles. The largest absolute Gasteiger partial charge is 0.495 e. The number of aromatic nitrogens is 3. The molecule has 4 aromatic rings. The highest BCUT2D eigenvalue weighted by Gasteiger charge is 2.28. The van der Waals surface area contributed by atoms with Crippen LogP contribution in [0.5, 0.6) is 5.75 Å². The third-order valence-corrected chi connectivity index (χ3v) is 7.27. The fourth-order valence-corrected chi connectivity index (χ4v) is 4.96. The van der Waals surface area contributed by atoms with Crippen molar-refractivity contribution in [2.24, 2.45) is 0 Å². The van der Waals surface area contributed by atoms with Gasteiger partial charge in [0.1, 0.15) is 11.4 Å². The number of ether oxygens (including phenoxy) is 1. The number of fused-ring (bicyclic) bond motifs is 1. The number of pyridine rings is 1. The molecule has 0 radical (unpaired) electrons. The lowest BCUT2D eigenvalue weighted by Crippen LogP contribution is -2.49. The molecule has 5 rings (SSSR count). The smallest absolute Gasteiger partial charge is 0.160 e. The first-order chi connectivity index (χ1) is 17.0. The van der Waals surface area contributed by atoms with Crippen LogP contribution in [-0.2, 0) is 4.79 Å². The van der Waals surface area contributed by atoms with Crippen molar-refractivity contribution in [1.29, 1.82) is 0 Å². The summed E-state index contributed by atoms with van der Waals surface area (Å²) in [5, 5.41) is 6.89. The van der Waals surface area contributed by atoms with E-state index in [9.17, 15) is 4.79 Å². The van der Waals surface area contributed by atoms with E-state index in [2.05, 4.69) is 14.8 Å². The van der Waals surface area contributed by atoms with Crippen molar-refractivity contribution in [2.45, 2.75) is 13.1 Å². The Labute approximate surface area is 213 Å². The lowest BCUT2D eigenvalue weighted by Gasteiger charge is -2.38. The van der Waals surface area contributed by atoms with Crippen molar-refractivity contribution in [2.75, 3.05) is 38.2 Å². The van der Waals surface area contributed by atoms with Crippen LogP contribution >= 0.6 is 23.2 Å². The molecule has 0 aliphatic carbocycles.